The molecular weight excluding hydrogens is 284 g/mol. The Hall–Kier alpha value is -2.70. The molecule has 1 atom stereocenters. The Labute approximate surface area is 127 Å². The molecule has 0 saturated heterocycles. The minimum Gasteiger partial charge on any atom is -0.351 e. The average Bonchev–Trinajstić information content (AvgIpc) is 2.84. The summed E-state index contributed by atoms with van der Waals surface area (Å²) in [7, 11) is 0. The van der Waals surface area contributed by atoms with Crippen molar-refractivity contribution in [3.05, 3.63) is 29.8 Å². The van der Waals surface area contributed by atoms with Crippen LogP contribution in [0, 0.1) is 0 Å². The topological polar surface area (TPSA) is 99.7 Å². The van der Waals surface area contributed by atoms with E-state index in [9.17, 15) is 14.4 Å². The maximum atomic E-state index is 11.9. The number of anilines is 1. The van der Waals surface area contributed by atoms with Crippen molar-refractivity contribution in [2.24, 2.45) is 5.10 Å². The lowest BCUT2D eigenvalue weighted by Gasteiger charge is -2.13. The van der Waals surface area contributed by atoms with Gasteiger partial charge in [0.2, 0.25) is 11.8 Å². The molecule has 0 fully saturated rings. The summed E-state index contributed by atoms with van der Waals surface area (Å²) in [5, 5.41) is 9.31. The highest BCUT2D eigenvalue weighted by Crippen LogP contribution is 2.33. The van der Waals surface area contributed by atoms with Gasteiger partial charge in [-0.1, -0.05) is 18.2 Å². The predicted octanol–water partition coefficient (Wildman–Crippen LogP) is 0.495. The summed E-state index contributed by atoms with van der Waals surface area (Å²) >= 11 is 0. The van der Waals surface area contributed by atoms with Gasteiger partial charge in [0.15, 0.2) is 0 Å². The number of carbonyl (C=O) groups is 3. The summed E-state index contributed by atoms with van der Waals surface area (Å²) in [6.45, 7) is 0.373. The first-order valence-corrected chi connectivity index (χ1v) is 7.18. The van der Waals surface area contributed by atoms with Crippen LogP contribution in [0.25, 0.3) is 0 Å². The monoisotopic (exact) mass is 300 g/mol. The lowest BCUT2D eigenvalue weighted by molar-refractivity contribution is -0.121. The molecule has 7 nitrogen and oxygen atoms in total. The lowest BCUT2D eigenvalue weighted by Crippen LogP contribution is -2.37. The van der Waals surface area contributed by atoms with Crippen LogP contribution < -0.4 is 16.1 Å². The van der Waals surface area contributed by atoms with E-state index in [0.717, 1.165) is 11.3 Å². The molecule has 114 valence electrons. The van der Waals surface area contributed by atoms with Gasteiger partial charge in [-0.15, -0.1) is 0 Å². The molecule has 2 aliphatic rings. The van der Waals surface area contributed by atoms with Gasteiger partial charge in [0, 0.05) is 25.1 Å². The number of hydrazone groups is 1. The highest BCUT2D eigenvalue weighted by Gasteiger charge is 2.29. The number of hydrogen-bond acceptors (Lipinski definition) is 4. The molecule has 0 aliphatic carbocycles. The fraction of sp³-hybridized carbons (Fsp3) is 0.333. The molecule has 2 heterocycles. The van der Waals surface area contributed by atoms with Crippen LogP contribution in [0.1, 0.15) is 30.7 Å². The number of carbonyl (C=O) groups excluding carboxylic acids is 3. The van der Waals surface area contributed by atoms with Crippen molar-refractivity contribution >= 4 is 29.1 Å². The number of amides is 3. The quantitative estimate of drug-likeness (QED) is 0.754. The highest BCUT2D eigenvalue weighted by atomic mass is 16.2. The van der Waals surface area contributed by atoms with E-state index in [0.29, 0.717) is 25.1 Å². The number of nitrogens with zero attached hydrogens (tertiary/aromatic N) is 1. The van der Waals surface area contributed by atoms with Gasteiger partial charge in [0.25, 0.3) is 5.91 Å². The van der Waals surface area contributed by atoms with Crippen LogP contribution >= 0.6 is 0 Å². The van der Waals surface area contributed by atoms with Crippen LogP contribution in [-0.4, -0.2) is 30.0 Å². The molecule has 7 heteroatoms. The molecule has 3 rings (SSSR count). The zero-order valence-electron chi connectivity index (χ0n) is 11.9. The SMILES string of the molecule is O=C1CCC(C(=O)NCCC2C(=O)Nc3ccccc32)=NN1. The van der Waals surface area contributed by atoms with E-state index in [1.807, 2.05) is 24.3 Å². The van der Waals surface area contributed by atoms with E-state index in [1.54, 1.807) is 0 Å². The maximum Gasteiger partial charge on any atom is 0.267 e. The number of rotatable bonds is 4. The first kappa shape index (κ1) is 14.2. The number of fused-ring (bicyclic) bond motifs is 1. The number of benzene rings is 1. The van der Waals surface area contributed by atoms with E-state index in [4.69, 9.17) is 0 Å². The Morgan fingerprint density at radius 1 is 1.27 bits per heavy atom. The van der Waals surface area contributed by atoms with Crippen molar-refractivity contribution in [3.8, 4) is 0 Å². The fourth-order valence-electron chi connectivity index (χ4n) is 2.63. The second-order valence-electron chi connectivity index (χ2n) is 5.27. The maximum absolute atomic E-state index is 11.9. The second-order valence-corrected chi connectivity index (χ2v) is 5.27. The average molecular weight is 300 g/mol. The third kappa shape index (κ3) is 2.83. The molecule has 2 aliphatic heterocycles. The highest BCUT2D eigenvalue weighted by molar-refractivity contribution is 6.39. The summed E-state index contributed by atoms with van der Waals surface area (Å²) in [5.41, 5.74) is 4.40. The molecular formula is C15H16N4O3. The first-order valence-electron chi connectivity index (χ1n) is 7.18. The summed E-state index contributed by atoms with van der Waals surface area (Å²) in [6, 6.07) is 7.55. The Bertz CT molecular complexity index is 669. The normalized spacial score (nSPS) is 19.8. The molecule has 3 amide bonds. The van der Waals surface area contributed by atoms with Crippen molar-refractivity contribution in [1.29, 1.82) is 0 Å². The van der Waals surface area contributed by atoms with E-state index in [2.05, 4.69) is 21.2 Å². The van der Waals surface area contributed by atoms with Gasteiger partial charge in [-0.05, 0) is 18.1 Å². The van der Waals surface area contributed by atoms with E-state index < -0.39 is 0 Å². The minimum atomic E-state index is -0.299. The summed E-state index contributed by atoms with van der Waals surface area (Å²) in [6.07, 6.45) is 1.13. The smallest absolute Gasteiger partial charge is 0.267 e. The predicted molar refractivity (Wildman–Crippen MR) is 80.3 cm³/mol. The zero-order valence-corrected chi connectivity index (χ0v) is 11.9. The Morgan fingerprint density at radius 2 is 2.09 bits per heavy atom. The van der Waals surface area contributed by atoms with E-state index in [1.165, 1.54) is 0 Å². The Kier molecular flexibility index (Phi) is 3.86. The molecule has 0 saturated carbocycles. The Balaban J connectivity index is 1.54. The van der Waals surface area contributed by atoms with Crippen LogP contribution in [0.2, 0.25) is 0 Å². The van der Waals surface area contributed by atoms with Crippen LogP contribution in [-0.2, 0) is 14.4 Å². The van der Waals surface area contributed by atoms with Crippen molar-refractivity contribution in [3.63, 3.8) is 0 Å². The van der Waals surface area contributed by atoms with Crippen molar-refractivity contribution in [1.82, 2.24) is 10.7 Å². The summed E-state index contributed by atoms with van der Waals surface area (Å²) in [4.78, 5) is 34.8. The lowest BCUT2D eigenvalue weighted by atomic mass is 9.97. The Morgan fingerprint density at radius 3 is 2.86 bits per heavy atom. The fourth-order valence-corrected chi connectivity index (χ4v) is 2.63. The van der Waals surface area contributed by atoms with Gasteiger partial charge in [-0.25, -0.2) is 5.43 Å². The second kappa shape index (κ2) is 5.97. The molecule has 22 heavy (non-hydrogen) atoms. The number of hydrogen-bond donors (Lipinski definition) is 3. The van der Waals surface area contributed by atoms with Crippen molar-refractivity contribution in [2.45, 2.75) is 25.2 Å². The third-order valence-electron chi connectivity index (χ3n) is 3.80. The standard InChI is InChI=1S/C15H16N4O3/c20-13-6-5-12(18-19-13)15(22)16-8-7-10-9-3-1-2-4-11(9)17-14(10)21/h1-4,10H,5-8H2,(H,16,22)(H,17,21)(H,19,20). The van der Waals surface area contributed by atoms with Gasteiger partial charge in [-0.3, -0.25) is 14.4 Å². The number of nitrogens with one attached hydrogen (secondary N) is 3. The molecule has 3 N–H and O–H groups in total. The van der Waals surface area contributed by atoms with Gasteiger partial charge in [0.1, 0.15) is 5.71 Å². The summed E-state index contributed by atoms with van der Waals surface area (Å²) < 4.78 is 0. The number of para-hydroxylation sites is 1. The van der Waals surface area contributed by atoms with Crippen molar-refractivity contribution in [2.75, 3.05) is 11.9 Å². The van der Waals surface area contributed by atoms with Crippen LogP contribution in [0.15, 0.2) is 29.4 Å². The molecule has 1 unspecified atom stereocenters. The van der Waals surface area contributed by atoms with Crippen LogP contribution in [0.4, 0.5) is 5.69 Å². The third-order valence-corrected chi connectivity index (χ3v) is 3.80. The van der Waals surface area contributed by atoms with Gasteiger partial charge in [0.05, 0.1) is 5.92 Å². The molecule has 0 bridgehead atoms. The molecule has 0 spiro atoms. The molecule has 1 aromatic rings. The minimum absolute atomic E-state index is 0.0438. The van der Waals surface area contributed by atoms with Gasteiger partial charge >= 0.3 is 0 Å². The first-order chi connectivity index (χ1) is 10.6. The van der Waals surface area contributed by atoms with Gasteiger partial charge in [-0.2, -0.15) is 5.10 Å². The van der Waals surface area contributed by atoms with Crippen molar-refractivity contribution < 1.29 is 14.4 Å². The van der Waals surface area contributed by atoms with Gasteiger partial charge < -0.3 is 10.6 Å². The zero-order chi connectivity index (χ0) is 15.5. The largest absolute Gasteiger partial charge is 0.351 e. The van der Waals surface area contributed by atoms with Crippen LogP contribution in [0.5, 0.6) is 0 Å². The molecule has 1 aromatic carbocycles. The van der Waals surface area contributed by atoms with Crippen LogP contribution in [0.3, 0.4) is 0 Å². The molecule has 0 aromatic heterocycles. The van der Waals surface area contributed by atoms with E-state index >= 15 is 0 Å². The molecule has 0 radical (unpaired) electrons. The van der Waals surface area contributed by atoms with E-state index in [-0.39, 0.29) is 30.1 Å². The summed E-state index contributed by atoms with van der Waals surface area (Å²) in [5.74, 6) is -0.773.